The highest BCUT2D eigenvalue weighted by Crippen LogP contribution is 2.24. The first-order valence-corrected chi connectivity index (χ1v) is 7.99. The molecule has 2 aromatic heterocycles. The maximum Gasteiger partial charge on any atom is 0.256 e. The second-order valence-corrected chi connectivity index (χ2v) is 6.21. The fourth-order valence-corrected chi connectivity index (χ4v) is 3.09. The minimum atomic E-state index is -0.389. The number of carbonyl (C=O) groups excluding carboxylic acids is 1. The smallest absolute Gasteiger partial charge is 0.256 e. The zero-order valence-corrected chi connectivity index (χ0v) is 13.9. The number of carbonyl (C=O) groups is 1. The topological polar surface area (TPSA) is 67.2 Å². The summed E-state index contributed by atoms with van der Waals surface area (Å²) < 4.78 is 15.4. The molecule has 3 heterocycles. The Kier molecular flexibility index (Phi) is 4.73. The summed E-state index contributed by atoms with van der Waals surface area (Å²) in [6, 6.07) is 0. The first-order chi connectivity index (χ1) is 11.5. The van der Waals surface area contributed by atoms with Gasteiger partial charge >= 0.3 is 0 Å². The molecule has 0 saturated carbocycles. The van der Waals surface area contributed by atoms with Gasteiger partial charge in [0.15, 0.2) is 11.6 Å². The Hall–Kier alpha value is -2.51. The van der Waals surface area contributed by atoms with Crippen molar-refractivity contribution in [1.29, 1.82) is 0 Å². The van der Waals surface area contributed by atoms with Crippen LogP contribution in [0.3, 0.4) is 0 Å². The van der Waals surface area contributed by atoms with Crippen LogP contribution in [0, 0.1) is 11.7 Å². The minimum Gasteiger partial charge on any atom is -0.354 e. The second kappa shape index (κ2) is 6.94. The summed E-state index contributed by atoms with van der Waals surface area (Å²) in [5.74, 6) is 0.354. The molecule has 24 heavy (non-hydrogen) atoms. The van der Waals surface area contributed by atoms with E-state index in [1.165, 1.54) is 12.5 Å². The molecule has 128 valence electrons. The van der Waals surface area contributed by atoms with Crippen LogP contribution >= 0.6 is 0 Å². The van der Waals surface area contributed by atoms with E-state index in [9.17, 15) is 9.18 Å². The fourth-order valence-electron chi connectivity index (χ4n) is 3.09. The van der Waals surface area contributed by atoms with Gasteiger partial charge < -0.3 is 9.80 Å². The maximum absolute atomic E-state index is 13.7. The number of aromatic nitrogens is 4. The molecule has 0 spiro atoms. The molecule has 1 fully saturated rings. The molecule has 3 rings (SSSR count). The Labute approximate surface area is 140 Å². The number of halogens is 1. The molecule has 0 N–H and O–H groups in total. The van der Waals surface area contributed by atoms with Crippen molar-refractivity contribution in [3.05, 3.63) is 36.3 Å². The van der Waals surface area contributed by atoms with E-state index in [-0.39, 0.29) is 11.7 Å². The second-order valence-electron chi connectivity index (χ2n) is 6.21. The lowest BCUT2D eigenvalue weighted by Gasteiger charge is -2.34. The molecule has 1 amide bonds. The summed E-state index contributed by atoms with van der Waals surface area (Å²) in [5.41, 5.74) is 0.598. The number of amides is 1. The van der Waals surface area contributed by atoms with E-state index >= 15 is 0 Å². The molecule has 1 aliphatic rings. The third kappa shape index (κ3) is 3.52. The van der Waals surface area contributed by atoms with Crippen molar-refractivity contribution in [3.8, 4) is 0 Å². The van der Waals surface area contributed by atoms with Gasteiger partial charge in [-0.25, -0.2) is 14.4 Å². The van der Waals surface area contributed by atoms with Gasteiger partial charge in [-0.3, -0.25) is 9.48 Å². The first kappa shape index (κ1) is 16.4. The highest BCUT2D eigenvalue weighted by atomic mass is 19.1. The van der Waals surface area contributed by atoms with Crippen molar-refractivity contribution in [2.24, 2.45) is 13.0 Å². The highest BCUT2D eigenvalue weighted by molar-refractivity contribution is 5.93. The van der Waals surface area contributed by atoms with Crippen LogP contribution < -0.4 is 4.90 Å². The summed E-state index contributed by atoms with van der Waals surface area (Å²) in [5, 5.41) is 4.03. The quantitative estimate of drug-likeness (QED) is 0.845. The Bertz CT molecular complexity index is 710. The number of nitrogens with zero attached hydrogens (tertiary/aromatic N) is 6. The van der Waals surface area contributed by atoms with Gasteiger partial charge in [-0.05, 0) is 18.8 Å². The van der Waals surface area contributed by atoms with Crippen LogP contribution in [0.1, 0.15) is 23.2 Å². The predicted octanol–water partition coefficient (Wildman–Crippen LogP) is 1.34. The summed E-state index contributed by atoms with van der Waals surface area (Å²) in [7, 11) is 3.60. The first-order valence-electron chi connectivity index (χ1n) is 7.99. The van der Waals surface area contributed by atoms with E-state index in [1.807, 2.05) is 11.9 Å². The van der Waals surface area contributed by atoms with E-state index in [0.29, 0.717) is 23.8 Å². The molecule has 0 radical (unpaired) electrons. The molecular formula is C16H21FN6O. The third-order valence-electron chi connectivity index (χ3n) is 4.39. The van der Waals surface area contributed by atoms with Gasteiger partial charge in [0, 0.05) is 39.9 Å². The average Bonchev–Trinajstić information content (AvgIpc) is 3.02. The van der Waals surface area contributed by atoms with Gasteiger partial charge in [0.25, 0.3) is 5.91 Å². The maximum atomic E-state index is 13.7. The SMILES string of the molecule is CN(CC1CCN(c2ncncc2F)CC1)C(=O)c1cnn(C)c1. The summed E-state index contributed by atoms with van der Waals surface area (Å²) in [4.78, 5) is 23.7. The third-order valence-corrected chi connectivity index (χ3v) is 4.39. The van der Waals surface area contributed by atoms with Crippen LogP contribution in [0.5, 0.6) is 0 Å². The number of anilines is 1. The minimum absolute atomic E-state index is 0.0209. The molecule has 7 nitrogen and oxygen atoms in total. The van der Waals surface area contributed by atoms with Crippen molar-refractivity contribution >= 4 is 11.7 Å². The summed E-state index contributed by atoms with van der Waals surface area (Å²) in [6.07, 6.45) is 7.65. The number of hydrogen-bond acceptors (Lipinski definition) is 5. The predicted molar refractivity (Wildman–Crippen MR) is 87.1 cm³/mol. The largest absolute Gasteiger partial charge is 0.354 e. The van der Waals surface area contributed by atoms with Crippen molar-refractivity contribution < 1.29 is 9.18 Å². The van der Waals surface area contributed by atoms with Crippen LogP contribution in [-0.2, 0) is 7.05 Å². The summed E-state index contributed by atoms with van der Waals surface area (Å²) in [6.45, 7) is 2.15. The normalized spacial score (nSPS) is 15.5. The highest BCUT2D eigenvalue weighted by Gasteiger charge is 2.24. The fraction of sp³-hybridized carbons (Fsp3) is 0.500. The van der Waals surface area contributed by atoms with Crippen molar-refractivity contribution in [1.82, 2.24) is 24.6 Å². The van der Waals surface area contributed by atoms with Crippen LogP contribution in [0.25, 0.3) is 0 Å². The zero-order chi connectivity index (χ0) is 17.1. The molecule has 1 saturated heterocycles. The van der Waals surface area contributed by atoms with Crippen molar-refractivity contribution in [3.63, 3.8) is 0 Å². The lowest BCUT2D eigenvalue weighted by atomic mass is 9.96. The van der Waals surface area contributed by atoms with Gasteiger partial charge in [0.05, 0.1) is 18.0 Å². The van der Waals surface area contributed by atoms with E-state index in [0.717, 1.165) is 25.9 Å². The van der Waals surface area contributed by atoms with E-state index in [4.69, 9.17) is 0 Å². The Morgan fingerprint density at radius 2 is 2.12 bits per heavy atom. The zero-order valence-electron chi connectivity index (χ0n) is 13.9. The Morgan fingerprint density at radius 1 is 1.38 bits per heavy atom. The van der Waals surface area contributed by atoms with E-state index < -0.39 is 0 Å². The van der Waals surface area contributed by atoms with E-state index in [2.05, 4.69) is 15.1 Å². The van der Waals surface area contributed by atoms with Gasteiger partial charge in [-0.2, -0.15) is 5.10 Å². The standard InChI is InChI=1S/C16H21FN6O/c1-21(16(24)13-7-20-22(2)10-13)9-12-3-5-23(6-4-12)15-14(17)8-18-11-19-15/h7-8,10-12H,3-6,9H2,1-2H3. The van der Waals surface area contributed by atoms with Crippen molar-refractivity contribution in [2.75, 3.05) is 31.6 Å². The molecule has 0 aliphatic carbocycles. The van der Waals surface area contributed by atoms with Gasteiger partial charge in [0.1, 0.15) is 6.33 Å². The van der Waals surface area contributed by atoms with Crippen LogP contribution in [0.15, 0.2) is 24.9 Å². The van der Waals surface area contributed by atoms with Gasteiger partial charge in [-0.15, -0.1) is 0 Å². The molecule has 2 aromatic rings. The van der Waals surface area contributed by atoms with Gasteiger partial charge in [-0.1, -0.05) is 0 Å². The van der Waals surface area contributed by atoms with E-state index in [1.54, 1.807) is 29.0 Å². The molecule has 8 heteroatoms. The monoisotopic (exact) mass is 332 g/mol. The van der Waals surface area contributed by atoms with Crippen molar-refractivity contribution in [2.45, 2.75) is 12.8 Å². The number of rotatable bonds is 4. The van der Waals surface area contributed by atoms with Gasteiger partial charge in [0.2, 0.25) is 0 Å². The Morgan fingerprint density at radius 3 is 2.75 bits per heavy atom. The molecule has 0 atom stereocenters. The number of hydrogen-bond donors (Lipinski definition) is 0. The lowest BCUT2D eigenvalue weighted by Crippen LogP contribution is -2.40. The molecule has 0 aromatic carbocycles. The molecular weight excluding hydrogens is 311 g/mol. The average molecular weight is 332 g/mol. The lowest BCUT2D eigenvalue weighted by molar-refractivity contribution is 0.0765. The summed E-state index contributed by atoms with van der Waals surface area (Å²) >= 11 is 0. The molecule has 0 unspecified atom stereocenters. The molecule has 1 aliphatic heterocycles. The van der Waals surface area contributed by atoms with Crippen LogP contribution in [0.2, 0.25) is 0 Å². The van der Waals surface area contributed by atoms with Crippen LogP contribution in [-0.4, -0.2) is 57.2 Å². The number of aryl methyl sites for hydroxylation is 1. The number of piperidine rings is 1. The van der Waals surface area contributed by atoms with Crippen LogP contribution in [0.4, 0.5) is 10.2 Å². The molecule has 0 bridgehead atoms. The Balaban J connectivity index is 1.53.